The Morgan fingerprint density at radius 3 is 2.89 bits per heavy atom. The molecule has 0 amide bonds. The molecule has 1 aliphatic rings. The van der Waals surface area contributed by atoms with Gasteiger partial charge in [0.15, 0.2) is 6.23 Å². The number of hydrogen-bond acceptors (Lipinski definition) is 2. The Kier molecular flexibility index (Phi) is 1.74. The van der Waals surface area contributed by atoms with Gasteiger partial charge in [0.05, 0.1) is 0 Å². The summed E-state index contributed by atoms with van der Waals surface area (Å²) in [7, 11) is 0. The normalized spacial score (nSPS) is 22.4. The van der Waals surface area contributed by atoms with Crippen LogP contribution >= 0.6 is 0 Å². The second kappa shape index (κ2) is 2.54. The van der Waals surface area contributed by atoms with Gasteiger partial charge in [-0.15, -0.1) is 0 Å². The molecule has 0 aromatic heterocycles. The molecular formula is C7H9NO. The molecule has 48 valence electrons. The summed E-state index contributed by atoms with van der Waals surface area (Å²) >= 11 is 0. The van der Waals surface area contributed by atoms with Crippen molar-refractivity contribution < 1.29 is 4.74 Å². The highest BCUT2D eigenvalue weighted by atomic mass is 16.5. The van der Waals surface area contributed by atoms with Gasteiger partial charge in [0.1, 0.15) is 0 Å². The number of hydrogen-bond donors (Lipinski definition) is 0. The fourth-order valence-electron chi connectivity index (χ4n) is 0.560. The van der Waals surface area contributed by atoms with E-state index in [1.54, 1.807) is 0 Å². The lowest BCUT2D eigenvalue weighted by Gasteiger charge is -2.17. The van der Waals surface area contributed by atoms with Crippen molar-refractivity contribution in [2.45, 2.75) is 26.5 Å². The molecule has 0 radical (unpaired) electrons. The molecule has 0 N–H and O–H groups in total. The van der Waals surface area contributed by atoms with E-state index >= 15 is 0 Å². The van der Waals surface area contributed by atoms with E-state index in [2.05, 4.69) is 16.8 Å². The van der Waals surface area contributed by atoms with Gasteiger partial charge in [-0.1, -0.05) is 12.8 Å². The van der Waals surface area contributed by atoms with E-state index in [-0.39, 0.29) is 6.23 Å². The van der Waals surface area contributed by atoms with E-state index in [0.29, 0.717) is 5.90 Å². The van der Waals surface area contributed by atoms with Gasteiger partial charge in [-0.2, -0.15) is 0 Å². The minimum Gasteiger partial charge on any atom is -0.446 e. The van der Waals surface area contributed by atoms with Crippen molar-refractivity contribution in [3.63, 3.8) is 0 Å². The lowest BCUT2D eigenvalue weighted by Crippen LogP contribution is -2.23. The van der Waals surface area contributed by atoms with E-state index in [4.69, 9.17) is 4.74 Å². The molecule has 1 aliphatic heterocycles. The van der Waals surface area contributed by atoms with Gasteiger partial charge in [-0.25, -0.2) is 4.99 Å². The zero-order valence-electron chi connectivity index (χ0n) is 5.64. The van der Waals surface area contributed by atoms with Crippen LogP contribution in [0.4, 0.5) is 0 Å². The average Bonchev–Trinajstić information content (AvgIpc) is 1.78. The number of nitrogens with zero attached hydrogens (tertiary/aromatic N) is 1. The van der Waals surface area contributed by atoms with Crippen LogP contribution < -0.4 is 0 Å². The molecule has 0 saturated heterocycles. The van der Waals surface area contributed by atoms with Crippen LogP contribution in [0.25, 0.3) is 0 Å². The third-order valence-electron chi connectivity index (χ3n) is 0.953. The largest absolute Gasteiger partial charge is 0.446 e. The SMILES string of the molecule is CCC#CC1=NC(C)O1. The van der Waals surface area contributed by atoms with Crippen molar-refractivity contribution in [2.24, 2.45) is 4.99 Å². The molecule has 0 spiro atoms. The van der Waals surface area contributed by atoms with E-state index in [1.165, 1.54) is 0 Å². The maximum Gasteiger partial charge on any atom is 0.268 e. The zero-order valence-corrected chi connectivity index (χ0v) is 5.64. The maximum absolute atomic E-state index is 5.02. The van der Waals surface area contributed by atoms with Crippen molar-refractivity contribution in [1.29, 1.82) is 0 Å². The van der Waals surface area contributed by atoms with Gasteiger partial charge < -0.3 is 4.74 Å². The first-order valence-corrected chi connectivity index (χ1v) is 3.06. The quantitative estimate of drug-likeness (QED) is 0.443. The van der Waals surface area contributed by atoms with Crippen LogP contribution in [-0.4, -0.2) is 12.1 Å². The zero-order chi connectivity index (χ0) is 6.69. The van der Waals surface area contributed by atoms with Crippen LogP contribution in [0.1, 0.15) is 20.3 Å². The van der Waals surface area contributed by atoms with E-state index in [9.17, 15) is 0 Å². The lowest BCUT2D eigenvalue weighted by molar-refractivity contribution is 0.168. The molecule has 1 rings (SSSR count). The van der Waals surface area contributed by atoms with Gasteiger partial charge in [0.25, 0.3) is 5.90 Å². The molecule has 0 bridgehead atoms. The fraction of sp³-hybridized carbons (Fsp3) is 0.571. The third kappa shape index (κ3) is 1.46. The number of ether oxygens (including phenoxy) is 1. The molecule has 0 saturated carbocycles. The Hall–Kier alpha value is -0.970. The summed E-state index contributed by atoms with van der Waals surface area (Å²) < 4.78 is 5.02. The lowest BCUT2D eigenvalue weighted by atomic mass is 10.4. The summed E-state index contributed by atoms with van der Waals surface area (Å²) in [6.45, 7) is 3.88. The molecule has 1 heterocycles. The highest BCUT2D eigenvalue weighted by Crippen LogP contribution is 2.05. The van der Waals surface area contributed by atoms with Gasteiger partial charge >= 0.3 is 0 Å². The molecule has 1 atom stereocenters. The molecule has 0 aromatic carbocycles. The van der Waals surface area contributed by atoms with Gasteiger partial charge in [0, 0.05) is 6.42 Å². The van der Waals surface area contributed by atoms with Crippen LogP contribution in [0, 0.1) is 11.8 Å². The summed E-state index contributed by atoms with van der Waals surface area (Å²) in [6, 6.07) is 0. The first-order chi connectivity index (χ1) is 4.33. The predicted molar refractivity (Wildman–Crippen MR) is 36.0 cm³/mol. The Morgan fingerprint density at radius 1 is 1.78 bits per heavy atom. The van der Waals surface area contributed by atoms with Crippen LogP contribution in [0.2, 0.25) is 0 Å². The van der Waals surface area contributed by atoms with E-state index in [1.807, 2.05) is 13.8 Å². The summed E-state index contributed by atoms with van der Waals surface area (Å²) in [4.78, 5) is 3.98. The van der Waals surface area contributed by atoms with Crippen LogP contribution in [0.15, 0.2) is 4.99 Å². The summed E-state index contributed by atoms with van der Waals surface area (Å²) in [5.74, 6) is 6.23. The standard InChI is InChI=1S/C7H9NO/c1-3-4-5-7-8-6(2)9-7/h6H,3H2,1-2H3. The smallest absolute Gasteiger partial charge is 0.268 e. The van der Waals surface area contributed by atoms with Crippen molar-refractivity contribution in [3.8, 4) is 11.8 Å². The highest BCUT2D eigenvalue weighted by Gasteiger charge is 2.13. The Bertz CT molecular complexity index is 185. The van der Waals surface area contributed by atoms with E-state index < -0.39 is 0 Å². The predicted octanol–water partition coefficient (Wildman–Crippen LogP) is 1.17. The van der Waals surface area contributed by atoms with Crippen LogP contribution in [-0.2, 0) is 4.74 Å². The number of aliphatic imine (C=N–C) groups is 1. The summed E-state index contributed by atoms with van der Waals surface area (Å²) in [5, 5.41) is 0. The Morgan fingerprint density at radius 2 is 2.44 bits per heavy atom. The van der Waals surface area contributed by atoms with E-state index in [0.717, 1.165) is 6.42 Å². The second-order valence-corrected chi connectivity index (χ2v) is 1.81. The van der Waals surface area contributed by atoms with Crippen molar-refractivity contribution in [2.75, 3.05) is 0 Å². The first-order valence-electron chi connectivity index (χ1n) is 3.06. The Balaban J connectivity index is 2.40. The maximum atomic E-state index is 5.02. The topological polar surface area (TPSA) is 21.6 Å². The molecule has 0 fully saturated rings. The molecule has 0 aliphatic carbocycles. The monoisotopic (exact) mass is 123 g/mol. The molecule has 1 unspecified atom stereocenters. The minimum absolute atomic E-state index is 0.0335. The van der Waals surface area contributed by atoms with Crippen molar-refractivity contribution in [3.05, 3.63) is 0 Å². The van der Waals surface area contributed by atoms with Crippen LogP contribution in [0.3, 0.4) is 0 Å². The number of rotatable bonds is 0. The van der Waals surface area contributed by atoms with Crippen molar-refractivity contribution >= 4 is 5.90 Å². The minimum atomic E-state index is 0.0335. The molecular weight excluding hydrogens is 114 g/mol. The molecule has 2 heteroatoms. The summed E-state index contributed by atoms with van der Waals surface area (Å²) in [5.41, 5.74) is 0. The third-order valence-corrected chi connectivity index (χ3v) is 0.953. The van der Waals surface area contributed by atoms with Gasteiger partial charge in [0.2, 0.25) is 0 Å². The van der Waals surface area contributed by atoms with Gasteiger partial charge in [-0.05, 0) is 12.8 Å². The second-order valence-electron chi connectivity index (χ2n) is 1.81. The highest BCUT2D eigenvalue weighted by molar-refractivity contribution is 5.96. The molecule has 9 heavy (non-hydrogen) atoms. The Labute approximate surface area is 54.9 Å². The average molecular weight is 123 g/mol. The van der Waals surface area contributed by atoms with Crippen molar-refractivity contribution in [1.82, 2.24) is 0 Å². The molecule has 2 nitrogen and oxygen atoms in total. The van der Waals surface area contributed by atoms with Gasteiger partial charge in [-0.3, -0.25) is 0 Å². The fourth-order valence-corrected chi connectivity index (χ4v) is 0.560. The summed E-state index contributed by atoms with van der Waals surface area (Å²) in [6.07, 6.45) is 0.891. The first kappa shape index (κ1) is 6.15. The molecule has 0 aromatic rings. The van der Waals surface area contributed by atoms with Crippen LogP contribution in [0.5, 0.6) is 0 Å².